The lowest BCUT2D eigenvalue weighted by atomic mass is 10.1. The molecule has 0 saturated carbocycles. The molecule has 1 aromatic heterocycles. The number of carbonyl (C=O) groups excluding carboxylic acids is 2. The lowest BCUT2D eigenvalue weighted by Gasteiger charge is -2.08. The third-order valence-electron chi connectivity index (χ3n) is 2.71. The molecule has 2 aromatic rings. The first-order chi connectivity index (χ1) is 9.99. The first-order valence-corrected chi connectivity index (χ1v) is 6.76. The second-order valence-corrected chi connectivity index (χ2v) is 5.04. The van der Waals surface area contributed by atoms with Crippen LogP contribution in [0.2, 0.25) is 0 Å². The van der Waals surface area contributed by atoms with Gasteiger partial charge in [0, 0.05) is 17.0 Å². The van der Waals surface area contributed by atoms with Crippen LogP contribution >= 0.6 is 11.3 Å². The molecule has 8 heteroatoms. The van der Waals surface area contributed by atoms with Crippen LogP contribution < -0.4 is 10.9 Å². The highest BCUT2D eigenvalue weighted by Crippen LogP contribution is 2.22. The quantitative estimate of drug-likeness (QED) is 0.669. The van der Waals surface area contributed by atoms with Crippen LogP contribution in [0.25, 0.3) is 0 Å². The number of nitrogens with one attached hydrogen (secondary N) is 2. The smallest absolute Gasteiger partial charge is 0.267 e. The molecule has 0 saturated heterocycles. The number of nitro groups is 1. The Labute approximate surface area is 123 Å². The van der Waals surface area contributed by atoms with Crippen molar-refractivity contribution in [1.29, 1.82) is 0 Å². The van der Waals surface area contributed by atoms with Crippen molar-refractivity contribution in [3.05, 3.63) is 62.5 Å². The summed E-state index contributed by atoms with van der Waals surface area (Å²) in [4.78, 5) is 33.6. The molecule has 0 aliphatic carbocycles. The summed E-state index contributed by atoms with van der Waals surface area (Å²) in [5.41, 5.74) is 5.83. The molecule has 0 radical (unpaired) electrons. The van der Waals surface area contributed by atoms with E-state index in [0.29, 0.717) is 5.56 Å². The summed E-state index contributed by atoms with van der Waals surface area (Å²) in [6.07, 6.45) is 0. The summed E-state index contributed by atoms with van der Waals surface area (Å²) in [5, 5.41) is 11.8. The van der Waals surface area contributed by atoms with E-state index < -0.39 is 16.7 Å². The molecule has 1 heterocycles. The topological polar surface area (TPSA) is 101 Å². The molecule has 1 aromatic carbocycles. The van der Waals surface area contributed by atoms with E-state index in [1.807, 2.05) is 0 Å². The standard InChI is InChI=1S/C13H11N3O4S/c1-8-4-2-3-5-10(8)13(18)15-14-12(17)9-6-11(16(19)20)21-7-9/h2-7H,1H3,(H,14,17)(H,15,18). The first-order valence-electron chi connectivity index (χ1n) is 5.88. The Balaban J connectivity index is 1.99. The molecule has 0 bridgehead atoms. The molecule has 0 atom stereocenters. The predicted octanol–water partition coefficient (Wildman–Crippen LogP) is 2.04. The Kier molecular flexibility index (Phi) is 4.29. The number of amides is 2. The highest BCUT2D eigenvalue weighted by atomic mass is 32.1. The van der Waals surface area contributed by atoms with Gasteiger partial charge >= 0.3 is 5.00 Å². The molecule has 0 aliphatic rings. The van der Waals surface area contributed by atoms with Crippen molar-refractivity contribution in [1.82, 2.24) is 10.9 Å². The van der Waals surface area contributed by atoms with E-state index in [1.165, 1.54) is 5.38 Å². The molecule has 2 N–H and O–H groups in total. The van der Waals surface area contributed by atoms with Crippen LogP contribution in [0.5, 0.6) is 0 Å². The third kappa shape index (κ3) is 3.42. The number of hydrogen-bond donors (Lipinski definition) is 2. The van der Waals surface area contributed by atoms with Crippen LogP contribution in [0.15, 0.2) is 35.7 Å². The van der Waals surface area contributed by atoms with Gasteiger partial charge in [-0.05, 0) is 18.6 Å². The Morgan fingerprint density at radius 2 is 1.86 bits per heavy atom. The maximum absolute atomic E-state index is 11.9. The maximum atomic E-state index is 11.9. The zero-order chi connectivity index (χ0) is 15.4. The van der Waals surface area contributed by atoms with E-state index in [-0.39, 0.29) is 10.6 Å². The summed E-state index contributed by atoms with van der Waals surface area (Å²) in [7, 11) is 0. The van der Waals surface area contributed by atoms with Crippen molar-refractivity contribution in [2.75, 3.05) is 0 Å². The minimum absolute atomic E-state index is 0.122. The van der Waals surface area contributed by atoms with Crippen LogP contribution in [0.1, 0.15) is 26.3 Å². The van der Waals surface area contributed by atoms with Crippen LogP contribution in [-0.4, -0.2) is 16.7 Å². The Hall–Kier alpha value is -2.74. The summed E-state index contributed by atoms with van der Waals surface area (Å²) in [6.45, 7) is 1.78. The van der Waals surface area contributed by atoms with E-state index in [1.54, 1.807) is 31.2 Å². The third-order valence-corrected chi connectivity index (χ3v) is 3.59. The van der Waals surface area contributed by atoms with Crippen molar-refractivity contribution in [3.63, 3.8) is 0 Å². The van der Waals surface area contributed by atoms with Gasteiger partial charge in [0.2, 0.25) is 0 Å². The summed E-state index contributed by atoms with van der Waals surface area (Å²) in [6, 6.07) is 8.08. The van der Waals surface area contributed by atoms with E-state index in [9.17, 15) is 19.7 Å². The monoisotopic (exact) mass is 305 g/mol. The SMILES string of the molecule is Cc1ccccc1C(=O)NNC(=O)c1csc([N+](=O)[O-])c1. The van der Waals surface area contributed by atoms with Crippen LogP contribution in [0.3, 0.4) is 0 Å². The molecular formula is C13H11N3O4S. The summed E-state index contributed by atoms with van der Waals surface area (Å²) < 4.78 is 0. The van der Waals surface area contributed by atoms with Gasteiger partial charge in [0.05, 0.1) is 10.5 Å². The van der Waals surface area contributed by atoms with Crippen LogP contribution in [-0.2, 0) is 0 Å². The largest absolute Gasteiger partial charge is 0.324 e. The molecule has 7 nitrogen and oxygen atoms in total. The molecule has 0 aliphatic heterocycles. The van der Waals surface area contributed by atoms with Crippen molar-refractivity contribution >= 4 is 28.2 Å². The normalized spacial score (nSPS) is 9.95. The Morgan fingerprint density at radius 1 is 1.19 bits per heavy atom. The zero-order valence-electron chi connectivity index (χ0n) is 11.0. The second kappa shape index (κ2) is 6.14. The lowest BCUT2D eigenvalue weighted by Crippen LogP contribution is -2.41. The number of rotatable bonds is 3. The van der Waals surface area contributed by atoms with Gasteiger partial charge in [-0.15, -0.1) is 0 Å². The molecule has 0 fully saturated rings. The first kappa shape index (κ1) is 14.7. The molecule has 2 rings (SSSR count). The summed E-state index contributed by atoms with van der Waals surface area (Å²) in [5.74, 6) is -1.06. The number of carbonyl (C=O) groups is 2. The van der Waals surface area contributed by atoms with Crippen molar-refractivity contribution in [2.45, 2.75) is 6.92 Å². The highest BCUT2D eigenvalue weighted by molar-refractivity contribution is 7.13. The van der Waals surface area contributed by atoms with E-state index >= 15 is 0 Å². The Bertz CT molecular complexity index is 711. The predicted molar refractivity (Wildman–Crippen MR) is 77.1 cm³/mol. The maximum Gasteiger partial charge on any atom is 0.324 e. The van der Waals surface area contributed by atoms with Crippen LogP contribution in [0, 0.1) is 17.0 Å². The molecule has 21 heavy (non-hydrogen) atoms. The fraction of sp³-hybridized carbons (Fsp3) is 0.0769. The number of nitrogens with zero attached hydrogens (tertiary/aromatic N) is 1. The van der Waals surface area contributed by atoms with E-state index in [2.05, 4.69) is 10.9 Å². The number of hydrogen-bond acceptors (Lipinski definition) is 5. The number of benzene rings is 1. The molecular weight excluding hydrogens is 294 g/mol. The van der Waals surface area contributed by atoms with Gasteiger partial charge in [0.1, 0.15) is 0 Å². The van der Waals surface area contributed by atoms with E-state index in [4.69, 9.17) is 0 Å². The zero-order valence-corrected chi connectivity index (χ0v) is 11.8. The number of hydrazine groups is 1. The van der Waals surface area contributed by atoms with Gasteiger partial charge in [-0.2, -0.15) is 0 Å². The average molecular weight is 305 g/mol. The van der Waals surface area contributed by atoms with E-state index in [0.717, 1.165) is 23.0 Å². The number of thiophene rings is 1. The molecule has 0 unspecified atom stereocenters. The average Bonchev–Trinajstić information content (AvgIpc) is 2.95. The fourth-order valence-corrected chi connectivity index (χ4v) is 2.32. The molecule has 0 spiro atoms. The number of aryl methyl sites for hydroxylation is 1. The minimum atomic E-state index is -0.610. The lowest BCUT2D eigenvalue weighted by molar-refractivity contribution is -0.380. The van der Waals surface area contributed by atoms with Gasteiger partial charge < -0.3 is 0 Å². The van der Waals surface area contributed by atoms with Gasteiger partial charge in [0.15, 0.2) is 0 Å². The van der Waals surface area contributed by atoms with Gasteiger partial charge in [-0.1, -0.05) is 29.5 Å². The van der Waals surface area contributed by atoms with Crippen molar-refractivity contribution in [2.24, 2.45) is 0 Å². The molecule has 108 valence electrons. The Morgan fingerprint density at radius 3 is 2.48 bits per heavy atom. The molecule has 2 amide bonds. The van der Waals surface area contributed by atoms with Gasteiger partial charge in [-0.25, -0.2) is 0 Å². The van der Waals surface area contributed by atoms with Gasteiger partial charge in [-0.3, -0.25) is 30.6 Å². The van der Waals surface area contributed by atoms with Crippen LogP contribution in [0.4, 0.5) is 5.00 Å². The second-order valence-electron chi connectivity index (χ2n) is 4.15. The minimum Gasteiger partial charge on any atom is -0.267 e. The summed E-state index contributed by atoms with van der Waals surface area (Å²) >= 11 is 0.846. The van der Waals surface area contributed by atoms with Crippen molar-refractivity contribution in [3.8, 4) is 0 Å². The fourth-order valence-electron chi connectivity index (χ4n) is 1.62. The van der Waals surface area contributed by atoms with Crippen molar-refractivity contribution < 1.29 is 14.5 Å². The highest BCUT2D eigenvalue weighted by Gasteiger charge is 2.16. The van der Waals surface area contributed by atoms with Gasteiger partial charge in [0.25, 0.3) is 11.8 Å².